The molecular weight excluding hydrogens is 228 g/mol. The SMILES string of the molecule is CCCn1nc(Nc2cccc(OC)n2)cc1C. The predicted octanol–water partition coefficient (Wildman–Crippen LogP) is 2.75. The topological polar surface area (TPSA) is 52.0 Å². The molecule has 0 unspecified atom stereocenters. The number of nitrogens with one attached hydrogen (secondary N) is 1. The van der Waals surface area contributed by atoms with Crippen molar-refractivity contribution in [3.8, 4) is 5.88 Å². The van der Waals surface area contributed by atoms with Crippen molar-refractivity contribution < 1.29 is 4.74 Å². The van der Waals surface area contributed by atoms with E-state index in [9.17, 15) is 0 Å². The Kier molecular flexibility index (Phi) is 3.82. The Morgan fingerprint density at radius 3 is 2.89 bits per heavy atom. The molecule has 0 atom stereocenters. The first-order chi connectivity index (χ1) is 8.72. The van der Waals surface area contributed by atoms with Crippen LogP contribution in [0.5, 0.6) is 5.88 Å². The fraction of sp³-hybridized carbons (Fsp3) is 0.385. The van der Waals surface area contributed by atoms with Gasteiger partial charge in [0.25, 0.3) is 0 Å². The van der Waals surface area contributed by atoms with Gasteiger partial charge in [0, 0.05) is 24.4 Å². The Labute approximate surface area is 107 Å². The Hall–Kier alpha value is -2.04. The molecule has 5 nitrogen and oxygen atoms in total. The molecule has 0 bridgehead atoms. The number of aromatic nitrogens is 3. The molecule has 2 rings (SSSR count). The summed E-state index contributed by atoms with van der Waals surface area (Å²) in [6.45, 7) is 5.11. The van der Waals surface area contributed by atoms with Crippen LogP contribution in [0.2, 0.25) is 0 Å². The van der Waals surface area contributed by atoms with Crippen molar-refractivity contribution in [1.29, 1.82) is 0 Å². The van der Waals surface area contributed by atoms with Crippen molar-refractivity contribution in [3.05, 3.63) is 30.0 Å². The first kappa shape index (κ1) is 12.4. The number of hydrogen-bond donors (Lipinski definition) is 1. The van der Waals surface area contributed by atoms with E-state index in [4.69, 9.17) is 4.74 Å². The molecule has 0 aliphatic rings. The van der Waals surface area contributed by atoms with Crippen molar-refractivity contribution in [2.75, 3.05) is 12.4 Å². The summed E-state index contributed by atoms with van der Waals surface area (Å²) < 4.78 is 7.07. The van der Waals surface area contributed by atoms with Gasteiger partial charge in [0.1, 0.15) is 5.82 Å². The second-order valence-corrected chi connectivity index (χ2v) is 4.08. The van der Waals surface area contributed by atoms with Crippen molar-refractivity contribution in [2.24, 2.45) is 0 Å². The van der Waals surface area contributed by atoms with E-state index >= 15 is 0 Å². The van der Waals surface area contributed by atoms with Gasteiger partial charge in [-0.05, 0) is 19.4 Å². The van der Waals surface area contributed by atoms with Crippen LogP contribution in [0.1, 0.15) is 19.0 Å². The Morgan fingerprint density at radius 2 is 2.17 bits per heavy atom. The largest absolute Gasteiger partial charge is 0.481 e. The highest BCUT2D eigenvalue weighted by Crippen LogP contribution is 2.17. The second kappa shape index (κ2) is 5.53. The molecule has 0 aliphatic carbocycles. The van der Waals surface area contributed by atoms with Crippen molar-refractivity contribution in [2.45, 2.75) is 26.8 Å². The van der Waals surface area contributed by atoms with Crippen molar-refractivity contribution in [3.63, 3.8) is 0 Å². The van der Waals surface area contributed by atoms with Gasteiger partial charge < -0.3 is 10.1 Å². The van der Waals surface area contributed by atoms with Gasteiger partial charge in [0.2, 0.25) is 5.88 Å². The van der Waals surface area contributed by atoms with E-state index < -0.39 is 0 Å². The molecule has 0 aromatic carbocycles. The Bertz CT molecular complexity index is 521. The first-order valence-corrected chi connectivity index (χ1v) is 6.05. The fourth-order valence-electron chi connectivity index (χ4n) is 1.74. The molecule has 18 heavy (non-hydrogen) atoms. The first-order valence-electron chi connectivity index (χ1n) is 6.05. The number of hydrogen-bond acceptors (Lipinski definition) is 4. The van der Waals surface area contributed by atoms with Crippen molar-refractivity contribution >= 4 is 11.6 Å². The molecule has 0 fully saturated rings. The molecule has 0 aliphatic heterocycles. The highest BCUT2D eigenvalue weighted by molar-refractivity contribution is 5.52. The minimum absolute atomic E-state index is 0.588. The molecule has 2 aromatic rings. The van der Waals surface area contributed by atoms with E-state index in [0.717, 1.165) is 30.3 Å². The summed E-state index contributed by atoms with van der Waals surface area (Å²) in [5.74, 6) is 2.13. The van der Waals surface area contributed by atoms with Crippen LogP contribution in [0.3, 0.4) is 0 Å². The molecule has 0 amide bonds. The van der Waals surface area contributed by atoms with E-state index in [2.05, 4.69) is 22.3 Å². The zero-order valence-corrected chi connectivity index (χ0v) is 11.0. The zero-order valence-electron chi connectivity index (χ0n) is 11.0. The Balaban J connectivity index is 2.15. The fourth-order valence-corrected chi connectivity index (χ4v) is 1.74. The highest BCUT2D eigenvalue weighted by Gasteiger charge is 2.04. The van der Waals surface area contributed by atoms with Crippen LogP contribution in [0, 0.1) is 6.92 Å². The van der Waals surface area contributed by atoms with Gasteiger partial charge in [-0.15, -0.1) is 0 Å². The highest BCUT2D eigenvalue weighted by atomic mass is 16.5. The van der Waals surface area contributed by atoms with Crippen LogP contribution >= 0.6 is 0 Å². The summed E-state index contributed by atoms with van der Waals surface area (Å²) in [5, 5.41) is 7.65. The summed E-state index contributed by atoms with van der Waals surface area (Å²) in [6, 6.07) is 7.60. The second-order valence-electron chi connectivity index (χ2n) is 4.08. The monoisotopic (exact) mass is 246 g/mol. The summed E-state index contributed by atoms with van der Waals surface area (Å²) >= 11 is 0. The number of methoxy groups -OCH3 is 1. The van der Waals surface area contributed by atoms with Gasteiger partial charge in [0.05, 0.1) is 7.11 Å². The van der Waals surface area contributed by atoms with Gasteiger partial charge in [0.15, 0.2) is 5.82 Å². The van der Waals surface area contributed by atoms with Crippen molar-refractivity contribution in [1.82, 2.24) is 14.8 Å². The minimum Gasteiger partial charge on any atom is -0.481 e. The van der Waals surface area contributed by atoms with Gasteiger partial charge >= 0.3 is 0 Å². The molecule has 2 heterocycles. The lowest BCUT2D eigenvalue weighted by molar-refractivity contribution is 0.398. The third-order valence-corrected chi connectivity index (χ3v) is 2.61. The summed E-state index contributed by atoms with van der Waals surface area (Å²) in [7, 11) is 1.60. The third kappa shape index (κ3) is 2.80. The minimum atomic E-state index is 0.588. The van der Waals surface area contributed by atoms with Gasteiger partial charge in [-0.2, -0.15) is 10.1 Å². The van der Waals surface area contributed by atoms with E-state index in [1.807, 2.05) is 35.9 Å². The zero-order chi connectivity index (χ0) is 13.0. The Morgan fingerprint density at radius 1 is 1.33 bits per heavy atom. The molecule has 0 saturated carbocycles. The summed E-state index contributed by atoms with van der Waals surface area (Å²) in [4.78, 5) is 4.29. The standard InChI is InChI=1S/C13H18N4O/c1-4-8-17-10(2)9-12(16-17)14-11-6-5-7-13(15-11)18-3/h5-7,9H,4,8H2,1-3H3,(H,14,15,16). The normalized spacial score (nSPS) is 10.4. The number of ether oxygens (including phenoxy) is 1. The molecule has 0 saturated heterocycles. The van der Waals surface area contributed by atoms with E-state index in [-0.39, 0.29) is 0 Å². The number of nitrogens with zero attached hydrogens (tertiary/aromatic N) is 3. The lowest BCUT2D eigenvalue weighted by atomic mass is 10.4. The number of aryl methyl sites for hydroxylation is 2. The van der Waals surface area contributed by atoms with Crippen LogP contribution in [-0.2, 0) is 6.54 Å². The summed E-state index contributed by atoms with van der Waals surface area (Å²) in [5.41, 5.74) is 1.14. The predicted molar refractivity (Wildman–Crippen MR) is 71.3 cm³/mol. The smallest absolute Gasteiger partial charge is 0.214 e. The maximum atomic E-state index is 5.08. The molecule has 0 spiro atoms. The quantitative estimate of drug-likeness (QED) is 0.881. The van der Waals surface area contributed by atoms with Gasteiger partial charge in [-0.25, -0.2) is 0 Å². The maximum absolute atomic E-state index is 5.08. The van der Waals surface area contributed by atoms with Crippen LogP contribution in [0.25, 0.3) is 0 Å². The van der Waals surface area contributed by atoms with Crippen LogP contribution in [-0.4, -0.2) is 21.9 Å². The molecule has 0 radical (unpaired) electrons. The van der Waals surface area contributed by atoms with E-state index in [1.165, 1.54) is 0 Å². The number of rotatable bonds is 5. The molecule has 5 heteroatoms. The molecule has 96 valence electrons. The summed E-state index contributed by atoms with van der Waals surface area (Å²) in [6.07, 6.45) is 1.07. The number of anilines is 2. The van der Waals surface area contributed by atoms with Gasteiger partial charge in [-0.1, -0.05) is 13.0 Å². The maximum Gasteiger partial charge on any atom is 0.214 e. The van der Waals surface area contributed by atoms with Crippen LogP contribution in [0.15, 0.2) is 24.3 Å². The molecule has 1 N–H and O–H groups in total. The van der Waals surface area contributed by atoms with Crippen LogP contribution < -0.4 is 10.1 Å². The molecular formula is C13H18N4O. The van der Waals surface area contributed by atoms with E-state index in [0.29, 0.717) is 5.88 Å². The lowest BCUT2D eigenvalue weighted by Crippen LogP contribution is -2.02. The van der Waals surface area contributed by atoms with Gasteiger partial charge in [-0.3, -0.25) is 4.68 Å². The molecule has 2 aromatic heterocycles. The number of pyridine rings is 1. The van der Waals surface area contributed by atoms with E-state index in [1.54, 1.807) is 7.11 Å². The average molecular weight is 246 g/mol. The van der Waals surface area contributed by atoms with Crippen LogP contribution in [0.4, 0.5) is 11.6 Å². The third-order valence-electron chi connectivity index (χ3n) is 2.61. The average Bonchev–Trinajstić information content (AvgIpc) is 2.70. The lowest BCUT2D eigenvalue weighted by Gasteiger charge is -2.04.